The summed E-state index contributed by atoms with van der Waals surface area (Å²) < 4.78 is 0. The molecule has 5 aromatic carbocycles. The van der Waals surface area contributed by atoms with Crippen LogP contribution in [0.4, 0.5) is 0 Å². The van der Waals surface area contributed by atoms with E-state index in [0.717, 1.165) is 0 Å². The molecule has 166 valence electrons. The molecule has 0 aliphatic heterocycles. The van der Waals surface area contributed by atoms with Gasteiger partial charge in [-0.2, -0.15) is 0 Å². The topological polar surface area (TPSA) is 0 Å². The summed E-state index contributed by atoms with van der Waals surface area (Å²) in [4.78, 5) is 10.1. The molecule has 4 heteroatoms. The standard InChI is InChI=1S/C30H22S4/c1-3-8-23(9-4-1)31-25-14-18-27(19-15-25)33-29-12-7-13-30(22-29)34-28-20-16-26(17-21-28)32-24-10-5-2-6-11-24/h1-22H. The zero-order valence-corrected chi connectivity index (χ0v) is 21.6. The molecule has 0 saturated heterocycles. The van der Waals surface area contributed by atoms with Crippen LogP contribution in [0.25, 0.3) is 0 Å². The molecular formula is C30H22S4. The van der Waals surface area contributed by atoms with Crippen LogP contribution in [0.2, 0.25) is 0 Å². The van der Waals surface area contributed by atoms with Gasteiger partial charge < -0.3 is 0 Å². The Morgan fingerprint density at radius 2 is 0.500 bits per heavy atom. The Kier molecular flexibility index (Phi) is 8.05. The van der Waals surface area contributed by atoms with Crippen LogP contribution in [0, 0.1) is 0 Å². The van der Waals surface area contributed by atoms with Crippen molar-refractivity contribution in [2.75, 3.05) is 0 Å². The van der Waals surface area contributed by atoms with Gasteiger partial charge in [0.2, 0.25) is 0 Å². The normalized spacial score (nSPS) is 10.8. The smallest absolute Gasteiger partial charge is 0.0133 e. The van der Waals surface area contributed by atoms with Gasteiger partial charge in [0.1, 0.15) is 0 Å². The first kappa shape index (κ1) is 23.3. The van der Waals surface area contributed by atoms with Gasteiger partial charge in [-0.15, -0.1) is 0 Å². The summed E-state index contributed by atoms with van der Waals surface area (Å²) in [6.07, 6.45) is 0. The summed E-state index contributed by atoms with van der Waals surface area (Å²) in [7, 11) is 0. The third-order valence-corrected chi connectivity index (χ3v) is 8.91. The van der Waals surface area contributed by atoms with E-state index in [1.165, 1.54) is 39.2 Å². The summed E-state index contributed by atoms with van der Waals surface area (Å²) in [5, 5.41) is 0. The van der Waals surface area contributed by atoms with Crippen LogP contribution in [0.15, 0.2) is 173 Å². The van der Waals surface area contributed by atoms with Crippen molar-refractivity contribution in [2.45, 2.75) is 39.2 Å². The maximum absolute atomic E-state index is 2.27. The van der Waals surface area contributed by atoms with Crippen LogP contribution in [0.5, 0.6) is 0 Å². The van der Waals surface area contributed by atoms with E-state index in [-0.39, 0.29) is 0 Å². The highest BCUT2D eigenvalue weighted by molar-refractivity contribution is 8.00. The summed E-state index contributed by atoms with van der Waals surface area (Å²) in [6.45, 7) is 0. The third-order valence-electron chi connectivity index (χ3n) is 4.88. The minimum absolute atomic E-state index is 1.25. The fraction of sp³-hybridized carbons (Fsp3) is 0. The summed E-state index contributed by atoms with van der Waals surface area (Å²) in [6, 6.07) is 47.4. The SMILES string of the molecule is c1ccc(Sc2ccc(Sc3cccc(Sc4ccc(Sc5ccccc5)cc4)c3)cc2)cc1. The molecule has 0 aromatic heterocycles. The Bertz CT molecular complexity index is 1210. The molecule has 0 radical (unpaired) electrons. The summed E-state index contributed by atoms with van der Waals surface area (Å²) in [5.74, 6) is 0. The first-order valence-electron chi connectivity index (χ1n) is 10.9. The molecule has 0 spiro atoms. The maximum Gasteiger partial charge on any atom is 0.0133 e. The van der Waals surface area contributed by atoms with Crippen molar-refractivity contribution in [1.29, 1.82) is 0 Å². The largest absolute Gasteiger partial charge is 0.0901 e. The highest BCUT2D eigenvalue weighted by Crippen LogP contribution is 2.36. The minimum atomic E-state index is 1.25. The lowest BCUT2D eigenvalue weighted by Gasteiger charge is -2.07. The van der Waals surface area contributed by atoms with E-state index in [4.69, 9.17) is 0 Å². The molecule has 0 unspecified atom stereocenters. The molecule has 0 saturated carbocycles. The fourth-order valence-corrected chi connectivity index (χ4v) is 6.78. The number of hydrogen-bond acceptors (Lipinski definition) is 4. The lowest BCUT2D eigenvalue weighted by molar-refractivity contribution is 1.29. The number of benzene rings is 5. The number of rotatable bonds is 8. The highest BCUT2D eigenvalue weighted by atomic mass is 32.2. The van der Waals surface area contributed by atoms with Gasteiger partial charge in [0.05, 0.1) is 0 Å². The molecule has 0 amide bonds. The van der Waals surface area contributed by atoms with Crippen molar-refractivity contribution in [2.24, 2.45) is 0 Å². The van der Waals surface area contributed by atoms with E-state index in [1.54, 1.807) is 47.0 Å². The van der Waals surface area contributed by atoms with Gasteiger partial charge in [-0.05, 0) is 91.0 Å². The van der Waals surface area contributed by atoms with Gasteiger partial charge in [0.15, 0.2) is 0 Å². The van der Waals surface area contributed by atoms with Crippen molar-refractivity contribution in [3.05, 3.63) is 133 Å². The summed E-state index contributed by atoms with van der Waals surface area (Å²) in [5.41, 5.74) is 0. The van der Waals surface area contributed by atoms with Crippen LogP contribution in [0.1, 0.15) is 0 Å². The van der Waals surface area contributed by atoms with Gasteiger partial charge in [0.25, 0.3) is 0 Å². The van der Waals surface area contributed by atoms with Crippen molar-refractivity contribution in [3.63, 3.8) is 0 Å². The number of hydrogen-bond donors (Lipinski definition) is 0. The van der Waals surface area contributed by atoms with E-state index in [1.807, 2.05) is 0 Å². The highest BCUT2D eigenvalue weighted by Gasteiger charge is 2.04. The molecule has 34 heavy (non-hydrogen) atoms. The molecule has 0 fully saturated rings. The zero-order chi connectivity index (χ0) is 23.0. The second-order valence-electron chi connectivity index (χ2n) is 7.45. The van der Waals surface area contributed by atoms with Gasteiger partial charge >= 0.3 is 0 Å². The molecule has 0 N–H and O–H groups in total. The average molecular weight is 511 g/mol. The van der Waals surface area contributed by atoms with Gasteiger partial charge in [-0.3, -0.25) is 0 Å². The Hall–Kier alpha value is -2.50. The molecular weight excluding hydrogens is 489 g/mol. The average Bonchev–Trinajstić information content (AvgIpc) is 2.88. The molecule has 0 aliphatic carbocycles. The van der Waals surface area contributed by atoms with Crippen LogP contribution in [0.3, 0.4) is 0 Å². The lowest BCUT2D eigenvalue weighted by atomic mass is 10.4. The predicted octanol–water partition coefficient (Wildman–Crippen LogP) is 10.3. The van der Waals surface area contributed by atoms with Crippen molar-refractivity contribution < 1.29 is 0 Å². The van der Waals surface area contributed by atoms with E-state index in [2.05, 4.69) is 133 Å². The Balaban J connectivity index is 1.20. The monoisotopic (exact) mass is 510 g/mol. The Morgan fingerprint density at radius 1 is 0.235 bits per heavy atom. The molecule has 5 rings (SSSR count). The third kappa shape index (κ3) is 6.77. The molecule has 0 aliphatic rings. The Morgan fingerprint density at radius 3 is 0.853 bits per heavy atom. The Labute approximate surface area is 218 Å². The van der Waals surface area contributed by atoms with Crippen molar-refractivity contribution in [1.82, 2.24) is 0 Å². The molecule has 0 heterocycles. The van der Waals surface area contributed by atoms with E-state index in [9.17, 15) is 0 Å². The van der Waals surface area contributed by atoms with E-state index in [0.29, 0.717) is 0 Å². The molecule has 5 aromatic rings. The van der Waals surface area contributed by atoms with Gasteiger partial charge in [0, 0.05) is 39.2 Å². The van der Waals surface area contributed by atoms with Crippen LogP contribution in [-0.4, -0.2) is 0 Å². The molecule has 0 bridgehead atoms. The van der Waals surface area contributed by atoms with E-state index < -0.39 is 0 Å². The van der Waals surface area contributed by atoms with Gasteiger partial charge in [-0.25, -0.2) is 0 Å². The second-order valence-corrected chi connectivity index (χ2v) is 12.0. The lowest BCUT2D eigenvalue weighted by Crippen LogP contribution is -1.79. The van der Waals surface area contributed by atoms with Crippen LogP contribution in [-0.2, 0) is 0 Å². The first-order valence-corrected chi connectivity index (χ1v) is 14.2. The summed E-state index contributed by atoms with van der Waals surface area (Å²) >= 11 is 7.20. The van der Waals surface area contributed by atoms with Crippen LogP contribution < -0.4 is 0 Å². The minimum Gasteiger partial charge on any atom is -0.0901 e. The van der Waals surface area contributed by atoms with Crippen LogP contribution >= 0.6 is 47.0 Å². The van der Waals surface area contributed by atoms with E-state index >= 15 is 0 Å². The van der Waals surface area contributed by atoms with Crippen molar-refractivity contribution in [3.8, 4) is 0 Å². The predicted molar refractivity (Wildman–Crippen MR) is 149 cm³/mol. The van der Waals surface area contributed by atoms with Crippen molar-refractivity contribution >= 4 is 47.0 Å². The fourth-order valence-electron chi connectivity index (χ4n) is 3.27. The maximum atomic E-state index is 2.27. The zero-order valence-electron chi connectivity index (χ0n) is 18.3. The first-order chi connectivity index (χ1) is 16.8. The quantitative estimate of drug-likeness (QED) is 0.203. The molecule has 0 atom stereocenters. The van der Waals surface area contributed by atoms with Gasteiger partial charge in [-0.1, -0.05) is 89.5 Å². The molecule has 0 nitrogen and oxygen atoms in total. The second kappa shape index (κ2) is 11.8.